The fraction of sp³-hybridized carbons (Fsp3) is 0.182. The summed E-state index contributed by atoms with van der Waals surface area (Å²) in [5, 5.41) is 2.37. The Bertz CT molecular complexity index is 443. The van der Waals surface area contributed by atoms with Gasteiger partial charge in [0.2, 0.25) is 5.91 Å². The maximum Gasteiger partial charge on any atom is 0.416 e. The Hall–Kier alpha value is -1.30. The van der Waals surface area contributed by atoms with Crippen molar-refractivity contribution in [2.45, 2.75) is 12.6 Å². The van der Waals surface area contributed by atoms with Crippen molar-refractivity contribution in [3.63, 3.8) is 0 Å². The number of alkyl halides is 3. The van der Waals surface area contributed by atoms with Crippen LogP contribution >= 0.6 is 15.9 Å². The molecule has 6 heteroatoms. The first-order chi connectivity index (χ1) is 7.84. The Balaban J connectivity index is 2.99. The van der Waals surface area contributed by atoms with Crippen molar-refractivity contribution in [2.24, 2.45) is 0 Å². The average molecular weight is 308 g/mol. The van der Waals surface area contributed by atoms with Gasteiger partial charge in [-0.1, -0.05) is 6.08 Å². The zero-order chi connectivity index (χ0) is 13.1. The minimum absolute atomic E-state index is 0.0443. The van der Waals surface area contributed by atoms with Gasteiger partial charge in [-0.15, -0.1) is 6.58 Å². The SMILES string of the molecule is C=CCC(=O)Nc1cc(C(F)(F)F)ccc1Br. The molecule has 0 spiro atoms. The van der Waals surface area contributed by atoms with Crippen LogP contribution < -0.4 is 5.32 Å². The van der Waals surface area contributed by atoms with Crippen molar-refractivity contribution in [1.29, 1.82) is 0 Å². The number of carbonyl (C=O) groups is 1. The van der Waals surface area contributed by atoms with E-state index in [-0.39, 0.29) is 12.1 Å². The molecule has 0 aliphatic carbocycles. The van der Waals surface area contributed by atoms with Crippen LogP contribution in [-0.4, -0.2) is 5.91 Å². The molecule has 0 aliphatic rings. The van der Waals surface area contributed by atoms with Gasteiger partial charge >= 0.3 is 6.18 Å². The molecule has 0 fully saturated rings. The molecule has 0 saturated heterocycles. The molecule has 1 amide bonds. The van der Waals surface area contributed by atoms with Gasteiger partial charge in [0.25, 0.3) is 0 Å². The van der Waals surface area contributed by atoms with Crippen LogP contribution in [0.25, 0.3) is 0 Å². The van der Waals surface area contributed by atoms with E-state index in [1.165, 1.54) is 12.1 Å². The maximum absolute atomic E-state index is 12.4. The number of anilines is 1. The highest BCUT2D eigenvalue weighted by atomic mass is 79.9. The van der Waals surface area contributed by atoms with E-state index >= 15 is 0 Å². The smallest absolute Gasteiger partial charge is 0.325 e. The standard InChI is InChI=1S/C11H9BrF3NO/c1-2-3-10(17)16-9-6-7(11(13,14)15)4-5-8(9)12/h2,4-6H,1,3H2,(H,16,17). The summed E-state index contributed by atoms with van der Waals surface area (Å²) < 4.78 is 37.7. The normalized spacial score (nSPS) is 11.1. The average Bonchev–Trinajstić information content (AvgIpc) is 2.20. The summed E-state index contributed by atoms with van der Waals surface area (Å²) in [7, 11) is 0. The third-order valence-electron chi connectivity index (χ3n) is 1.90. The predicted molar refractivity (Wildman–Crippen MR) is 62.6 cm³/mol. The van der Waals surface area contributed by atoms with Crippen LogP contribution in [0.4, 0.5) is 18.9 Å². The van der Waals surface area contributed by atoms with Crippen molar-refractivity contribution in [3.05, 3.63) is 40.9 Å². The lowest BCUT2D eigenvalue weighted by Gasteiger charge is -2.11. The number of carbonyl (C=O) groups excluding carboxylic acids is 1. The lowest BCUT2D eigenvalue weighted by atomic mass is 10.2. The van der Waals surface area contributed by atoms with Crippen LogP contribution in [0.5, 0.6) is 0 Å². The topological polar surface area (TPSA) is 29.1 Å². The van der Waals surface area contributed by atoms with Crippen molar-refractivity contribution in [3.8, 4) is 0 Å². The van der Waals surface area contributed by atoms with Crippen LogP contribution in [0.15, 0.2) is 35.3 Å². The van der Waals surface area contributed by atoms with Crippen molar-refractivity contribution in [1.82, 2.24) is 0 Å². The Kier molecular flexibility index (Phi) is 4.34. The summed E-state index contributed by atoms with van der Waals surface area (Å²) in [5.41, 5.74) is -0.721. The second-order valence-electron chi connectivity index (χ2n) is 3.23. The molecule has 0 heterocycles. The Labute approximate surface area is 105 Å². The van der Waals surface area contributed by atoms with Crippen molar-refractivity contribution < 1.29 is 18.0 Å². The first kappa shape index (κ1) is 13.8. The van der Waals surface area contributed by atoms with E-state index in [0.717, 1.165) is 12.1 Å². The van der Waals surface area contributed by atoms with Crippen molar-refractivity contribution in [2.75, 3.05) is 5.32 Å². The lowest BCUT2D eigenvalue weighted by Crippen LogP contribution is -2.12. The molecule has 0 aromatic heterocycles. The van der Waals surface area contributed by atoms with Crippen LogP contribution in [0.2, 0.25) is 0 Å². The molecule has 0 aliphatic heterocycles. The van der Waals surface area contributed by atoms with Crippen LogP contribution in [0.3, 0.4) is 0 Å². The van der Waals surface area contributed by atoms with E-state index in [9.17, 15) is 18.0 Å². The first-order valence-electron chi connectivity index (χ1n) is 4.62. The van der Waals surface area contributed by atoms with Crippen LogP contribution in [-0.2, 0) is 11.0 Å². The van der Waals surface area contributed by atoms with Crippen LogP contribution in [0.1, 0.15) is 12.0 Å². The molecule has 2 nitrogen and oxygen atoms in total. The van der Waals surface area contributed by atoms with Gasteiger partial charge in [0.15, 0.2) is 0 Å². The molecule has 0 unspecified atom stereocenters. The zero-order valence-corrected chi connectivity index (χ0v) is 10.2. The van der Waals surface area contributed by atoms with Gasteiger partial charge in [-0.2, -0.15) is 13.2 Å². The summed E-state index contributed by atoms with van der Waals surface area (Å²) in [6, 6.07) is 3.06. The molecular weight excluding hydrogens is 299 g/mol. The molecule has 0 atom stereocenters. The number of halogens is 4. The highest BCUT2D eigenvalue weighted by Crippen LogP contribution is 2.33. The number of nitrogens with one attached hydrogen (secondary N) is 1. The lowest BCUT2D eigenvalue weighted by molar-refractivity contribution is -0.137. The van der Waals surface area contributed by atoms with Crippen LogP contribution in [0, 0.1) is 0 Å². The fourth-order valence-corrected chi connectivity index (χ4v) is 1.48. The molecule has 17 heavy (non-hydrogen) atoms. The van der Waals surface area contributed by atoms with Gasteiger partial charge in [0, 0.05) is 10.9 Å². The summed E-state index contributed by atoms with van der Waals surface area (Å²) in [4.78, 5) is 11.2. The molecule has 92 valence electrons. The highest BCUT2D eigenvalue weighted by Gasteiger charge is 2.31. The number of amides is 1. The molecule has 1 rings (SSSR count). The highest BCUT2D eigenvalue weighted by molar-refractivity contribution is 9.10. The van der Waals surface area contributed by atoms with E-state index < -0.39 is 17.6 Å². The Morgan fingerprint density at radius 1 is 1.47 bits per heavy atom. The minimum Gasteiger partial charge on any atom is -0.325 e. The Morgan fingerprint density at radius 3 is 2.65 bits per heavy atom. The largest absolute Gasteiger partial charge is 0.416 e. The number of rotatable bonds is 3. The first-order valence-corrected chi connectivity index (χ1v) is 5.41. The third kappa shape index (κ3) is 3.89. The quantitative estimate of drug-likeness (QED) is 0.841. The second-order valence-corrected chi connectivity index (χ2v) is 4.09. The van der Waals surface area contributed by atoms with Crippen molar-refractivity contribution >= 4 is 27.5 Å². The minimum atomic E-state index is -4.43. The van der Waals surface area contributed by atoms with E-state index in [0.29, 0.717) is 4.47 Å². The molecular formula is C11H9BrF3NO. The predicted octanol–water partition coefficient (Wildman–Crippen LogP) is 3.98. The molecule has 1 aromatic rings. The van der Waals surface area contributed by atoms with E-state index in [1.807, 2.05) is 0 Å². The van der Waals surface area contributed by atoms with E-state index in [1.54, 1.807) is 0 Å². The number of hydrogen-bond donors (Lipinski definition) is 1. The molecule has 1 N–H and O–H groups in total. The fourth-order valence-electron chi connectivity index (χ4n) is 1.13. The molecule has 0 saturated carbocycles. The van der Waals surface area contributed by atoms with E-state index in [2.05, 4.69) is 27.8 Å². The zero-order valence-electron chi connectivity index (χ0n) is 8.64. The molecule has 0 bridgehead atoms. The summed E-state index contributed by atoms with van der Waals surface area (Å²) in [6.45, 7) is 3.37. The third-order valence-corrected chi connectivity index (χ3v) is 2.59. The van der Waals surface area contributed by atoms with Gasteiger partial charge < -0.3 is 5.32 Å². The summed E-state index contributed by atoms with van der Waals surface area (Å²) in [6.07, 6.45) is -3.02. The summed E-state index contributed by atoms with van der Waals surface area (Å²) in [5.74, 6) is -0.417. The Morgan fingerprint density at radius 2 is 2.12 bits per heavy atom. The van der Waals surface area contributed by atoms with Gasteiger partial charge in [-0.25, -0.2) is 0 Å². The number of hydrogen-bond acceptors (Lipinski definition) is 1. The van der Waals surface area contributed by atoms with Gasteiger partial charge in [-0.3, -0.25) is 4.79 Å². The van der Waals surface area contributed by atoms with Gasteiger partial charge in [-0.05, 0) is 34.1 Å². The molecule has 1 aromatic carbocycles. The maximum atomic E-state index is 12.4. The molecule has 0 radical (unpaired) electrons. The van der Waals surface area contributed by atoms with E-state index in [4.69, 9.17) is 0 Å². The monoisotopic (exact) mass is 307 g/mol. The van der Waals surface area contributed by atoms with Gasteiger partial charge in [0.1, 0.15) is 0 Å². The summed E-state index contributed by atoms with van der Waals surface area (Å²) >= 11 is 3.07. The van der Waals surface area contributed by atoms with Gasteiger partial charge in [0.05, 0.1) is 11.3 Å². The number of benzene rings is 1. The second kappa shape index (κ2) is 5.35.